The summed E-state index contributed by atoms with van der Waals surface area (Å²) < 4.78 is 8.98. The van der Waals surface area contributed by atoms with Crippen molar-refractivity contribution < 1.29 is 24.0 Å². The van der Waals surface area contributed by atoms with Crippen molar-refractivity contribution in [1.29, 1.82) is 0 Å². The second-order valence-corrected chi connectivity index (χ2v) is 4.36. The Bertz CT molecular complexity index is 596. The molecule has 0 N–H and O–H groups in total. The molecule has 106 valence electrons. The fraction of sp³-hybridized carbons (Fsp3) is 0.167. The van der Waals surface area contributed by atoms with Crippen molar-refractivity contribution in [2.75, 3.05) is 14.2 Å². The summed E-state index contributed by atoms with van der Waals surface area (Å²) in [6.07, 6.45) is 1.24. The Kier molecular flexibility index (Phi) is 5.39. The van der Waals surface area contributed by atoms with E-state index in [9.17, 15) is 19.7 Å². The molecular formula is C12H10BrNO6. The first kappa shape index (κ1) is 15.8. The Hall–Kier alpha value is -2.22. The molecule has 0 amide bonds. The van der Waals surface area contributed by atoms with Gasteiger partial charge in [-0.25, -0.2) is 9.59 Å². The SMILES string of the molecule is COC(=O)/C(Br)=C/c1ccc(C(=O)OC)cc1[N+](=O)[O-]. The van der Waals surface area contributed by atoms with Crippen LogP contribution in [0.1, 0.15) is 15.9 Å². The van der Waals surface area contributed by atoms with E-state index in [1.807, 2.05) is 0 Å². The van der Waals surface area contributed by atoms with Gasteiger partial charge in [0.15, 0.2) is 0 Å². The van der Waals surface area contributed by atoms with Crippen LogP contribution in [0, 0.1) is 10.1 Å². The van der Waals surface area contributed by atoms with Gasteiger partial charge in [-0.2, -0.15) is 0 Å². The minimum absolute atomic E-state index is 0.0221. The van der Waals surface area contributed by atoms with Crippen molar-refractivity contribution >= 4 is 39.6 Å². The van der Waals surface area contributed by atoms with Crippen molar-refractivity contribution in [2.45, 2.75) is 0 Å². The highest BCUT2D eigenvalue weighted by Crippen LogP contribution is 2.25. The minimum Gasteiger partial charge on any atom is -0.465 e. The van der Waals surface area contributed by atoms with Crippen molar-refractivity contribution in [3.8, 4) is 0 Å². The first-order valence-electron chi connectivity index (χ1n) is 5.23. The molecule has 0 spiro atoms. The molecule has 1 aromatic rings. The first-order chi connectivity index (χ1) is 9.40. The van der Waals surface area contributed by atoms with Crippen molar-refractivity contribution in [3.63, 3.8) is 0 Å². The van der Waals surface area contributed by atoms with Gasteiger partial charge in [0.05, 0.1) is 30.3 Å². The fourth-order valence-electron chi connectivity index (χ4n) is 1.36. The average molecular weight is 344 g/mol. The lowest BCUT2D eigenvalue weighted by Gasteiger charge is -2.03. The second-order valence-electron chi connectivity index (χ2n) is 3.51. The molecule has 0 atom stereocenters. The van der Waals surface area contributed by atoms with Gasteiger partial charge in [-0.1, -0.05) is 0 Å². The van der Waals surface area contributed by atoms with Crippen LogP contribution in [0.3, 0.4) is 0 Å². The summed E-state index contributed by atoms with van der Waals surface area (Å²) in [4.78, 5) is 32.9. The summed E-state index contributed by atoms with van der Waals surface area (Å²) in [6.45, 7) is 0. The molecule has 8 heteroatoms. The third-order valence-electron chi connectivity index (χ3n) is 2.31. The molecule has 0 aliphatic carbocycles. The van der Waals surface area contributed by atoms with E-state index < -0.39 is 16.9 Å². The van der Waals surface area contributed by atoms with E-state index >= 15 is 0 Å². The van der Waals surface area contributed by atoms with Gasteiger partial charge in [0.25, 0.3) is 5.69 Å². The predicted octanol–water partition coefficient (Wildman–Crippen LogP) is 2.29. The summed E-state index contributed by atoms with van der Waals surface area (Å²) in [7, 11) is 2.36. The highest BCUT2D eigenvalue weighted by molar-refractivity contribution is 9.12. The molecule has 0 heterocycles. The van der Waals surface area contributed by atoms with Crippen molar-refractivity contribution in [2.24, 2.45) is 0 Å². The van der Waals surface area contributed by atoms with Gasteiger partial charge < -0.3 is 9.47 Å². The van der Waals surface area contributed by atoms with Gasteiger partial charge in [-0.3, -0.25) is 10.1 Å². The molecule has 0 saturated carbocycles. The fourth-order valence-corrected chi connectivity index (χ4v) is 1.77. The van der Waals surface area contributed by atoms with Gasteiger partial charge in [-0.05, 0) is 34.1 Å². The third-order valence-corrected chi connectivity index (χ3v) is 2.86. The number of nitrogens with zero attached hydrogens (tertiary/aromatic N) is 1. The van der Waals surface area contributed by atoms with Crippen LogP contribution in [-0.2, 0) is 14.3 Å². The lowest BCUT2D eigenvalue weighted by molar-refractivity contribution is -0.385. The lowest BCUT2D eigenvalue weighted by Crippen LogP contribution is -2.03. The second kappa shape index (κ2) is 6.80. The number of esters is 2. The Morgan fingerprint density at radius 1 is 1.30 bits per heavy atom. The summed E-state index contributed by atoms with van der Waals surface area (Å²) in [6, 6.07) is 3.78. The quantitative estimate of drug-likeness (QED) is 0.360. The molecule has 0 unspecified atom stereocenters. The number of halogens is 1. The number of ether oxygens (including phenoxy) is 2. The van der Waals surface area contributed by atoms with Crippen LogP contribution in [0.5, 0.6) is 0 Å². The largest absolute Gasteiger partial charge is 0.465 e. The predicted molar refractivity (Wildman–Crippen MR) is 73.4 cm³/mol. The number of methoxy groups -OCH3 is 2. The Morgan fingerprint density at radius 3 is 2.45 bits per heavy atom. The summed E-state index contributed by atoms with van der Waals surface area (Å²) in [5.41, 5.74) is -0.126. The number of nitro benzene ring substituents is 1. The van der Waals surface area contributed by atoms with Crippen LogP contribution >= 0.6 is 15.9 Å². The third kappa shape index (κ3) is 3.64. The summed E-state index contributed by atoms with van der Waals surface area (Å²) in [5.74, 6) is -1.35. The standard InChI is InChI=1S/C12H10BrNO6/c1-19-11(15)8-4-3-7(10(6-8)14(17)18)5-9(13)12(16)20-2/h3-6H,1-2H3/b9-5-. The van der Waals surface area contributed by atoms with E-state index in [1.54, 1.807) is 0 Å². The normalized spacial score (nSPS) is 10.8. The highest BCUT2D eigenvalue weighted by atomic mass is 79.9. The Labute approximate surface area is 122 Å². The minimum atomic E-state index is -0.685. The molecule has 0 radical (unpaired) electrons. The van der Waals surface area contributed by atoms with E-state index in [-0.39, 0.29) is 21.3 Å². The van der Waals surface area contributed by atoms with Gasteiger partial charge in [0.1, 0.15) is 4.48 Å². The molecule has 1 aromatic carbocycles. The van der Waals surface area contributed by atoms with E-state index in [2.05, 4.69) is 25.4 Å². The molecule has 0 aromatic heterocycles. The van der Waals surface area contributed by atoms with Crippen LogP contribution in [0.2, 0.25) is 0 Å². The summed E-state index contributed by atoms with van der Waals surface area (Å²) >= 11 is 2.96. The van der Waals surface area contributed by atoms with Crippen LogP contribution in [0.25, 0.3) is 6.08 Å². The van der Waals surface area contributed by atoms with Crippen LogP contribution in [0.15, 0.2) is 22.7 Å². The topological polar surface area (TPSA) is 95.7 Å². The number of rotatable bonds is 4. The lowest BCUT2D eigenvalue weighted by atomic mass is 10.1. The van der Waals surface area contributed by atoms with Gasteiger partial charge >= 0.3 is 11.9 Å². The maximum Gasteiger partial charge on any atom is 0.344 e. The zero-order valence-corrected chi connectivity index (χ0v) is 12.2. The Morgan fingerprint density at radius 2 is 1.95 bits per heavy atom. The van der Waals surface area contributed by atoms with Crippen molar-refractivity contribution in [3.05, 3.63) is 43.9 Å². The zero-order valence-electron chi connectivity index (χ0n) is 10.6. The molecule has 0 bridgehead atoms. The number of carbonyl (C=O) groups excluding carboxylic acids is 2. The molecule has 7 nitrogen and oxygen atoms in total. The van der Waals surface area contributed by atoms with Crippen molar-refractivity contribution in [1.82, 2.24) is 0 Å². The maximum absolute atomic E-state index is 11.3. The maximum atomic E-state index is 11.3. The highest BCUT2D eigenvalue weighted by Gasteiger charge is 2.18. The smallest absolute Gasteiger partial charge is 0.344 e. The first-order valence-corrected chi connectivity index (χ1v) is 6.02. The number of nitro groups is 1. The van der Waals surface area contributed by atoms with Gasteiger partial charge in [-0.15, -0.1) is 0 Å². The van der Waals surface area contributed by atoms with E-state index in [0.717, 1.165) is 6.07 Å². The molecule has 20 heavy (non-hydrogen) atoms. The number of benzene rings is 1. The number of hydrogen-bond acceptors (Lipinski definition) is 6. The average Bonchev–Trinajstić information content (AvgIpc) is 2.45. The molecule has 1 rings (SSSR count). The molecule has 0 fully saturated rings. The zero-order chi connectivity index (χ0) is 15.3. The molecular weight excluding hydrogens is 334 g/mol. The molecule has 0 aliphatic rings. The van der Waals surface area contributed by atoms with E-state index in [1.165, 1.54) is 32.4 Å². The van der Waals surface area contributed by atoms with Crippen LogP contribution in [-0.4, -0.2) is 31.1 Å². The number of hydrogen-bond donors (Lipinski definition) is 0. The van der Waals surface area contributed by atoms with Crippen LogP contribution in [0.4, 0.5) is 5.69 Å². The molecule has 0 aliphatic heterocycles. The van der Waals surface area contributed by atoms with E-state index in [0.29, 0.717) is 0 Å². The molecule has 0 saturated heterocycles. The Balaban J connectivity index is 3.31. The van der Waals surface area contributed by atoms with Crippen LogP contribution < -0.4 is 0 Å². The number of carbonyl (C=O) groups is 2. The summed E-state index contributed by atoms with van der Waals surface area (Å²) in [5, 5.41) is 11.0. The monoisotopic (exact) mass is 343 g/mol. The van der Waals surface area contributed by atoms with E-state index in [4.69, 9.17) is 0 Å². The van der Waals surface area contributed by atoms with Gasteiger partial charge in [0, 0.05) is 6.07 Å². The van der Waals surface area contributed by atoms with Gasteiger partial charge in [0.2, 0.25) is 0 Å².